The van der Waals surface area contributed by atoms with Crippen molar-refractivity contribution in [2.75, 3.05) is 6.54 Å². The molecule has 2 rings (SSSR count). The highest BCUT2D eigenvalue weighted by Gasteiger charge is 2.25. The number of aryl methyl sites for hydroxylation is 2. The molecule has 1 unspecified atom stereocenters. The van der Waals surface area contributed by atoms with Crippen LogP contribution >= 0.6 is 0 Å². The Morgan fingerprint density at radius 2 is 2.43 bits per heavy atom. The third-order valence-electron chi connectivity index (χ3n) is 2.90. The average molecular weight is 193 g/mol. The lowest BCUT2D eigenvalue weighted by Crippen LogP contribution is -2.19. The number of aromatic nitrogens is 2. The van der Waals surface area contributed by atoms with Crippen LogP contribution in [0.25, 0.3) is 0 Å². The summed E-state index contributed by atoms with van der Waals surface area (Å²) in [6.45, 7) is 2.67. The van der Waals surface area contributed by atoms with E-state index in [0.717, 1.165) is 30.7 Å². The number of hydrogen-bond acceptors (Lipinski definition) is 3. The molecule has 0 spiro atoms. The molecule has 0 radical (unpaired) electrons. The van der Waals surface area contributed by atoms with Gasteiger partial charge in [-0.05, 0) is 31.4 Å². The van der Waals surface area contributed by atoms with E-state index in [1.54, 1.807) is 0 Å². The van der Waals surface area contributed by atoms with Crippen molar-refractivity contribution in [3.05, 3.63) is 27.4 Å². The molecule has 3 N–H and O–H groups in total. The smallest absolute Gasteiger partial charge is 0.330 e. The molecule has 0 aliphatic heterocycles. The molecule has 0 aromatic carbocycles. The van der Waals surface area contributed by atoms with E-state index in [2.05, 4.69) is 9.97 Å². The van der Waals surface area contributed by atoms with Gasteiger partial charge in [-0.15, -0.1) is 0 Å². The highest BCUT2D eigenvalue weighted by atomic mass is 16.1. The van der Waals surface area contributed by atoms with Crippen molar-refractivity contribution < 1.29 is 0 Å². The van der Waals surface area contributed by atoms with Gasteiger partial charge in [0.1, 0.15) is 0 Å². The number of nitrogens with two attached hydrogens (primary N) is 1. The first kappa shape index (κ1) is 9.40. The number of rotatable bonds is 2. The molecule has 0 saturated heterocycles. The zero-order valence-corrected chi connectivity index (χ0v) is 8.34. The summed E-state index contributed by atoms with van der Waals surface area (Å²) in [6, 6.07) is 0. The standard InChI is InChI=1S/C10H15N3O/c1-2-7-9-6(5-11)3-4-8(9)13-10(14)12-7/h6H,2-5,11H2,1H3,(H,12,13,14). The number of hydrogen-bond donors (Lipinski definition) is 2. The number of nitrogens with one attached hydrogen (secondary N) is 1. The summed E-state index contributed by atoms with van der Waals surface area (Å²) in [4.78, 5) is 18.0. The van der Waals surface area contributed by atoms with Gasteiger partial charge in [0.2, 0.25) is 0 Å². The number of nitrogens with zero attached hydrogens (tertiary/aromatic N) is 1. The second-order valence-corrected chi connectivity index (χ2v) is 3.71. The maximum atomic E-state index is 11.2. The first-order valence-corrected chi connectivity index (χ1v) is 5.08. The monoisotopic (exact) mass is 193 g/mol. The fourth-order valence-electron chi connectivity index (χ4n) is 2.23. The minimum absolute atomic E-state index is 0.224. The summed E-state index contributed by atoms with van der Waals surface area (Å²) in [6.07, 6.45) is 2.78. The topological polar surface area (TPSA) is 71.8 Å². The number of H-pyrrole nitrogens is 1. The van der Waals surface area contributed by atoms with Gasteiger partial charge in [0.15, 0.2) is 0 Å². The fraction of sp³-hybridized carbons (Fsp3) is 0.600. The second-order valence-electron chi connectivity index (χ2n) is 3.71. The Bertz CT molecular complexity index is 397. The van der Waals surface area contributed by atoms with E-state index < -0.39 is 0 Å². The molecule has 1 aromatic heterocycles. The molecule has 14 heavy (non-hydrogen) atoms. The van der Waals surface area contributed by atoms with Crippen molar-refractivity contribution in [1.82, 2.24) is 9.97 Å². The molecule has 0 fully saturated rings. The average Bonchev–Trinajstić information content (AvgIpc) is 2.59. The Balaban J connectivity index is 2.57. The highest BCUT2D eigenvalue weighted by molar-refractivity contribution is 5.33. The quantitative estimate of drug-likeness (QED) is 0.710. The van der Waals surface area contributed by atoms with Crippen molar-refractivity contribution in [3.63, 3.8) is 0 Å². The van der Waals surface area contributed by atoms with Crippen LogP contribution in [-0.2, 0) is 12.8 Å². The largest absolute Gasteiger partial charge is 0.345 e. The predicted octanol–water partition coefficient (Wildman–Crippen LogP) is 0.321. The summed E-state index contributed by atoms with van der Waals surface area (Å²) in [5.41, 5.74) is 8.65. The van der Waals surface area contributed by atoms with Crippen molar-refractivity contribution in [3.8, 4) is 0 Å². The predicted molar refractivity (Wildman–Crippen MR) is 54.4 cm³/mol. The lowest BCUT2D eigenvalue weighted by Gasteiger charge is -2.10. The minimum atomic E-state index is -0.224. The van der Waals surface area contributed by atoms with E-state index in [-0.39, 0.29) is 5.69 Å². The molecule has 1 heterocycles. The Hall–Kier alpha value is -1.16. The van der Waals surface area contributed by atoms with Crippen molar-refractivity contribution in [2.45, 2.75) is 32.1 Å². The van der Waals surface area contributed by atoms with E-state index in [1.165, 1.54) is 5.56 Å². The van der Waals surface area contributed by atoms with Gasteiger partial charge in [-0.2, -0.15) is 4.98 Å². The van der Waals surface area contributed by atoms with Crippen LogP contribution in [0.15, 0.2) is 4.79 Å². The van der Waals surface area contributed by atoms with Gasteiger partial charge in [-0.1, -0.05) is 6.92 Å². The van der Waals surface area contributed by atoms with Gasteiger partial charge in [-0.3, -0.25) is 0 Å². The summed E-state index contributed by atoms with van der Waals surface area (Å²) in [5.74, 6) is 0.393. The number of aromatic amines is 1. The lowest BCUT2D eigenvalue weighted by atomic mass is 10.0. The molecule has 0 amide bonds. The van der Waals surface area contributed by atoms with Gasteiger partial charge >= 0.3 is 5.69 Å². The van der Waals surface area contributed by atoms with Gasteiger partial charge in [0.05, 0.1) is 5.69 Å². The summed E-state index contributed by atoms with van der Waals surface area (Å²) in [5, 5.41) is 0. The maximum Gasteiger partial charge on any atom is 0.345 e. The molecule has 1 aromatic rings. The highest BCUT2D eigenvalue weighted by Crippen LogP contribution is 2.32. The third-order valence-corrected chi connectivity index (χ3v) is 2.90. The third kappa shape index (κ3) is 1.35. The summed E-state index contributed by atoms with van der Waals surface area (Å²) < 4.78 is 0. The number of fused-ring (bicyclic) bond motifs is 1. The van der Waals surface area contributed by atoms with Gasteiger partial charge in [-0.25, -0.2) is 4.79 Å². The van der Waals surface area contributed by atoms with E-state index in [0.29, 0.717) is 12.5 Å². The normalized spacial score (nSPS) is 19.7. The first-order valence-electron chi connectivity index (χ1n) is 5.08. The van der Waals surface area contributed by atoms with Crippen LogP contribution in [0.5, 0.6) is 0 Å². The Labute approximate surface area is 82.6 Å². The summed E-state index contributed by atoms with van der Waals surface area (Å²) >= 11 is 0. The van der Waals surface area contributed by atoms with Crippen LogP contribution in [0.2, 0.25) is 0 Å². The Morgan fingerprint density at radius 3 is 3.07 bits per heavy atom. The Morgan fingerprint density at radius 1 is 1.64 bits per heavy atom. The van der Waals surface area contributed by atoms with Gasteiger partial charge in [0.25, 0.3) is 0 Å². The van der Waals surface area contributed by atoms with Crippen LogP contribution in [-0.4, -0.2) is 16.5 Å². The van der Waals surface area contributed by atoms with Gasteiger partial charge in [0, 0.05) is 11.6 Å². The van der Waals surface area contributed by atoms with E-state index in [4.69, 9.17) is 5.73 Å². The fourth-order valence-corrected chi connectivity index (χ4v) is 2.23. The van der Waals surface area contributed by atoms with E-state index in [9.17, 15) is 4.79 Å². The molecular formula is C10H15N3O. The Kier molecular flexibility index (Phi) is 2.37. The molecular weight excluding hydrogens is 178 g/mol. The zero-order valence-electron chi connectivity index (χ0n) is 8.34. The van der Waals surface area contributed by atoms with E-state index in [1.807, 2.05) is 6.92 Å². The van der Waals surface area contributed by atoms with E-state index >= 15 is 0 Å². The molecule has 4 heteroatoms. The van der Waals surface area contributed by atoms with Crippen molar-refractivity contribution >= 4 is 0 Å². The molecule has 4 nitrogen and oxygen atoms in total. The first-order chi connectivity index (χ1) is 6.76. The van der Waals surface area contributed by atoms with Crippen molar-refractivity contribution in [2.24, 2.45) is 5.73 Å². The van der Waals surface area contributed by atoms with Crippen LogP contribution in [0, 0.1) is 0 Å². The molecule has 1 aliphatic carbocycles. The van der Waals surface area contributed by atoms with Crippen LogP contribution in [0.3, 0.4) is 0 Å². The molecule has 0 bridgehead atoms. The molecule has 1 aliphatic rings. The van der Waals surface area contributed by atoms with Crippen molar-refractivity contribution in [1.29, 1.82) is 0 Å². The molecule has 1 atom stereocenters. The van der Waals surface area contributed by atoms with Crippen LogP contribution in [0.1, 0.15) is 36.2 Å². The molecule has 76 valence electrons. The lowest BCUT2D eigenvalue weighted by molar-refractivity contribution is 0.679. The SMILES string of the molecule is CCc1nc(=O)[nH]c2c1C(CN)CC2. The molecule has 0 saturated carbocycles. The summed E-state index contributed by atoms with van der Waals surface area (Å²) in [7, 11) is 0. The minimum Gasteiger partial charge on any atom is -0.330 e. The zero-order chi connectivity index (χ0) is 10.1. The van der Waals surface area contributed by atoms with Crippen LogP contribution in [0.4, 0.5) is 0 Å². The van der Waals surface area contributed by atoms with Crippen LogP contribution < -0.4 is 11.4 Å². The second kappa shape index (κ2) is 3.53. The van der Waals surface area contributed by atoms with Gasteiger partial charge < -0.3 is 10.7 Å². The maximum absolute atomic E-state index is 11.2.